The first-order valence-electron chi connectivity index (χ1n) is 9.38. The van der Waals surface area contributed by atoms with Gasteiger partial charge in [-0.25, -0.2) is 18.1 Å². The second-order valence-corrected chi connectivity index (χ2v) is 9.04. The fourth-order valence-corrected chi connectivity index (χ4v) is 3.43. The van der Waals surface area contributed by atoms with Gasteiger partial charge in [0.25, 0.3) is 0 Å². The fraction of sp³-hybridized carbons (Fsp3) is 0.381. The third kappa shape index (κ3) is 6.07. The van der Waals surface area contributed by atoms with Gasteiger partial charge in [0, 0.05) is 18.5 Å². The van der Waals surface area contributed by atoms with E-state index in [1.807, 2.05) is 25.1 Å². The maximum atomic E-state index is 11.8. The van der Waals surface area contributed by atoms with Crippen LogP contribution < -0.4 is 15.4 Å². The molecule has 7 heteroatoms. The quantitative estimate of drug-likeness (QED) is 0.468. The van der Waals surface area contributed by atoms with Gasteiger partial charge in [-0.3, -0.25) is 0 Å². The molecule has 6 nitrogen and oxygen atoms in total. The van der Waals surface area contributed by atoms with Crippen LogP contribution in [0.25, 0.3) is 0 Å². The Balaban J connectivity index is 2.04. The topological polar surface area (TPSA) is 82.6 Å². The Hall–Kier alpha value is -2.38. The monoisotopic (exact) mass is 402 g/mol. The van der Waals surface area contributed by atoms with Crippen LogP contribution in [0.5, 0.6) is 0 Å². The van der Waals surface area contributed by atoms with Crippen LogP contribution in [0.1, 0.15) is 31.9 Å². The number of sulfonamides is 1. The minimum atomic E-state index is -3.42. The summed E-state index contributed by atoms with van der Waals surface area (Å²) in [5, 5.41) is 6.66. The van der Waals surface area contributed by atoms with Gasteiger partial charge in [-0.2, -0.15) is 0 Å². The average molecular weight is 403 g/mol. The van der Waals surface area contributed by atoms with Crippen molar-refractivity contribution in [1.82, 2.24) is 15.4 Å². The van der Waals surface area contributed by atoms with Crippen LogP contribution in [0.3, 0.4) is 0 Å². The molecule has 2 aromatic rings. The molecule has 0 aliphatic heterocycles. The van der Waals surface area contributed by atoms with E-state index in [1.165, 1.54) is 12.6 Å². The number of hydrogen-bond donors (Lipinski definition) is 3. The van der Waals surface area contributed by atoms with Crippen LogP contribution in [0, 0.1) is 0 Å². The zero-order valence-corrected chi connectivity index (χ0v) is 17.8. The van der Waals surface area contributed by atoms with Crippen molar-refractivity contribution in [2.24, 2.45) is 4.99 Å². The molecule has 3 N–H and O–H groups in total. The molecule has 0 saturated heterocycles. The third-order valence-corrected chi connectivity index (χ3v) is 5.95. The van der Waals surface area contributed by atoms with Gasteiger partial charge in [-0.15, -0.1) is 0 Å². The number of nitrogens with zero attached hydrogens (tertiary/aromatic N) is 1. The van der Waals surface area contributed by atoms with Gasteiger partial charge in [-0.1, -0.05) is 56.3 Å². The first-order chi connectivity index (χ1) is 13.3. The van der Waals surface area contributed by atoms with Crippen LogP contribution >= 0.6 is 0 Å². The molecule has 0 radical (unpaired) electrons. The summed E-state index contributed by atoms with van der Waals surface area (Å²) in [6.07, 6.45) is 0. The minimum absolute atomic E-state index is 0.0411. The zero-order chi connectivity index (χ0) is 20.6. The van der Waals surface area contributed by atoms with E-state index in [4.69, 9.17) is 0 Å². The summed E-state index contributed by atoms with van der Waals surface area (Å²) >= 11 is 0. The van der Waals surface area contributed by atoms with Crippen LogP contribution in [0.2, 0.25) is 0 Å². The first kappa shape index (κ1) is 21.9. The molecule has 28 heavy (non-hydrogen) atoms. The van der Waals surface area contributed by atoms with Gasteiger partial charge < -0.3 is 10.6 Å². The lowest BCUT2D eigenvalue weighted by Gasteiger charge is -2.26. The predicted molar refractivity (Wildman–Crippen MR) is 115 cm³/mol. The van der Waals surface area contributed by atoms with Gasteiger partial charge >= 0.3 is 0 Å². The maximum Gasteiger partial charge on any atom is 0.240 e. The zero-order valence-electron chi connectivity index (χ0n) is 17.0. The van der Waals surface area contributed by atoms with E-state index in [0.29, 0.717) is 6.54 Å². The number of guanidine groups is 1. The maximum absolute atomic E-state index is 11.8. The van der Waals surface area contributed by atoms with Crippen molar-refractivity contribution in [3.63, 3.8) is 0 Å². The van der Waals surface area contributed by atoms with Crippen molar-refractivity contribution in [3.05, 3.63) is 65.7 Å². The van der Waals surface area contributed by atoms with Gasteiger partial charge in [0.2, 0.25) is 10.0 Å². The lowest BCUT2D eigenvalue weighted by atomic mass is 9.85. The van der Waals surface area contributed by atoms with Crippen molar-refractivity contribution >= 4 is 16.0 Å². The number of benzene rings is 2. The van der Waals surface area contributed by atoms with E-state index < -0.39 is 10.0 Å². The van der Waals surface area contributed by atoms with Gasteiger partial charge in [0.05, 0.1) is 11.4 Å². The Bertz CT molecular complexity index is 876. The Morgan fingerprint density at radius 3 is 2.21 bits per heavy atom. The van der Waals surface area contributed by atoms with Crippen LogP contribution in [0.4, 0.5) is 0 Å². The number of rotatable bonds is 8. The third-order valence-electron chi connectivity index (χ3n) is 4.52. The molecule has 2 rings (SSSR count). The van der Waals surface area contributed by atoms with Gasteiger partial charge in [0.15, 0.2) is 5.96 Å². The number of hydrogen-bond acceptors (Lipinski definition) is 3. The fourth-order valence-electron chi connectivity index (χ4n) is 2.70. The molecule has 152 valence electrons. The summed E-state index contributed by atoms with van der Waals surface area (Å²) in [6, 6.07) is 17.1. The molecule has 0 aliphatic rings. The average Bonchev–Trinajstić information content (AvgIpc) is 2.71. The Morgan fingerprint density at radius 2 is 1.64 bits per heavy atom. The molecule has 0 spiro atoms. The molecule has 0 heterocycles. The highest BCUT2D eigenvalue weighted by Crippen LogP contribution is 2.21. The summed E-state index contributed by atoms with van der Waals surface area (Å²) in [7, 11) is -2.02. The lowest BCUT2D eigenvalue weighted by Crippen LogP contribution is -2.43. The molecule has 0 amide bonds. The highest BCUT2D eigenvalue weighted by molar-refractivity contribution is 7.89. The number of nitrogens with one attached hydrogen (secondary N) is 3. The van der Waals surface area contributed by atoms with Crippen molar-refractivity contribution in [2.45, 2.75) is 37.6 Å². The second-order valence-electron chi connectivity index (χ2n) is 7.15. The van der Waals surface area contributed by atoms with Crippen molar-refractivity contribution in [1.29, 1.82) is 0 Å². The van der Waals surface area contributed by atoms with E-state index in [9.17, 15) is 8.42 Å². The standard InChI is InChI=1S/C21H30N4O2S/c1-5-23-20(25-16-21(2,3)18-9-7-6-8-10-18)24-15-17-11-13-19(14-12-17)28(26,27)22-4/h6-14,22H,5,15-16H2,1-4H3,(H2,23,24,25). The van der Waals surface area contributed by atoms with E-state index in [-0.39, 0.29) is 10.3 Å². The molecule has 0 bridgehead atoms. The molecular formula is C21H30N4O2S. The molecule has 0 fully saturated rings. The van der Waals surface area contributed by atoms with Crippen molar-refractivity contribution in [2.75, 3.05) is 20.1 Å². The van der Waals surface area contributed by atoms with E-state index in [2.05, 4.69) is 46.3 Å². The summed E-state index contributed by atoms with van der Waals surface area (Å²) in [6.45, 7) is 8.37. The summed E-state index contributed by atoms with van der Waals surface area (Å²) < 4.78 is 25.9. The molecule has 0 saturated carbocycles. The predicted octanol–water partition coefficient (Wildman–Crippen LogP) is 2.63. The molecule has 0 atom stereocenters. The SMILES string of the molecule is CCNC(=NCc1ccc(S(=O)(=O)NC)cc1)NCC(C)(C)c1ccccc1. The second kappa shape index (κ2) is 9.71. The van der Waals surface area contributed by atoms with Gasteiger partial charge in [-0.05, 0) is 37.2 Å². The molecule has 0 unspecified atom stereocenters. The normalized spacial score (nSPS) is 12.6. The lowest BCUT2D eigenvalue weighted by molar-refractivity contribution is 0.508. The van der Waals surface area contributed by atoms with E-state index in [1.54, 1.807) is 24.3 Å². The van der Waals surface area contributed by atoms with E-state index >= 15 is 0 Å². The summed E-state index contributed by atoms with van der Waals surface area (Å²) in [4.78, 5) is 4.87. The van der Waals surface area contributed by atoms with Crippen LogP contribution in [-0.4, -0.2) is 34.5 Å². The minimum Gasteiger partial charge on any atom is -0.357 e. The van der Waals surface area contributed by atoms with Crippen LogP contribution in [-0.2, 0) is 22.0 Å². The van der Waals surface area contributed by atoms with Crippen molar-refractivity contribution < 1.29 is 8.42 Å². The number of aliphatic imine (C=N–C) groups is 1. The Morgan fingerprint density at radius 1 is 1.00 bits per heavy atom. The summed E-state index contributed by atoms with van der Waals surface area (Å²) in [5.41, 5.74) is 2.16. The smallest absolute Gasteiger partial charge is 0.240 e. The van der Waals surface area contributed by atoms with Gasteiger partial charge in [0.1, 0.15) is 0 Å². The highest BCUT2D eigenvalue weighted by Gasteiger charge is 2.20. The summed E-state index contributed by atoms with van der Waals surface area (Å²) in [5.74, 6) is 0.735. The largest absolute Gasteiger partial charge is 0.357 e. The molecule has 0 aliphatic carbocycles. The Labute approximate surface area is 168 Å². The van der Waals surface area contributed by atoms with Crippen molar-refractivity contribution in [3.8, 4) is 0 Å². The molecule has 2 aromatic carbocycles. The van der Waals surface area contributed by atoms with E-state index in [0.717, 1.165) is 24.6 Å². The first-order valence-corrected chi connectivity index (χ1v) is 10.9. The Kier molecular flexibility index (Phi) is 7.60. The highest BCUT2D eigenvalue weighted by atomic mass is 32.2. The van der Waals surface area contributed by atoms with Crippen LogP contribution in [0.15, 0.2) is 64.5 Å². The molecule has 0 aromatic heterocycles. The molecular weight excluding hydrogens is 372 g/mol.